The Morgan fingerprint density at radius 2 is 2.21 bits per heavy atom. The molecule has 0 saturated heterocycles. The number of hydrogen-bond acceptors (Lipinski definition) is 2. The van der Waals surface area contributed by atoms with Gasteiger partial charge >= 0.3 is 0 Å². The van der Waals surface area contributed by atoms with Crippen LogP contribution in [0.5, 0.6) is 0 Å². The van der Waals surface area contributed by atoms with Gasteiger partial charge in [-0.15, -0.1) is 0 Å². The van der Waals surface area contributed by atoms with E-state index in [2.05, 4.69) is 62.8 Å². The van der Waals surface area contributed by atoms with Crippen LogP contribution in [0.3, 0.4) is 0 Å². The van der Waals surface area contributed by atoms with E-state index in [4.69, 9.17) is 0 Å². The number of rotatable bonds is 5. The van der Waals surface area contributed by atoms with E-state index in [0.29, 0.717) is 0 Å². The molecule has 2 aromatic rings. The lowest BCUT2D eigenvalue weighted by atomic mass is 10.0. The predicted octanol–water partition coefficient (Wildman–Crippen LogP) is 3.38. The summed E-state index contributed by atoms with van der Waals surface area (Å²) in [5, 5.41) is 3.55. The van der Waals surface area contributed by atoms with Crippen LogP contribution in [0.25, 0.3) is 0 Å². The van der Waals surface area contributed by atoms with Crippen LogP contribution in [-0.2, 0) is 13.5 Å². The van der Waals surface area contributed by atoms with E-state index >= 15 is 0 Å². The highest BCUT2D eigenvalue weighted by atomic mass is 79.9. The summed E-state index contributed by atoms with van der Waals surface area (Å²) in [6.45, 7) is 5.20. The first-order valence-electron chi connectivity index (χ1n) is 6.58. The number of nitrogens with zero attached hydrogens (tertiary/aromatic N) is 2. The third kappa shape index (κ3) is 3.25. The molecule has 2 rings (SSSR count). The molecule has 0 aliphatic carbocycles. The van der Waals surface area contributed by atoms with Crippen LogP contribution in [0.15, 0.2) is 35.1 Å². The number of hydrogen-bond donors (Lipinski definition) is 1. The Hall–Kier alpha value is -1.13. The quantitative estimate of drug-likeness (QED) is 0.914. The Morgan fingerprint density at radius 1 is 1.42 bits per heavy atom. The van der Waals surface area contributed by atoms with Crippen LogP contribution in [0.4, 0.5) is 0 Å². The molecule has 1 unspecified atom stereocenters. The molecule has 1 atom stereocenters. The molecule has 19 heavy (non-hydrogen) atoms. The van der Waals surface area contributed by atoms with Gasteiger partial charge in [0.05, 0.1) is 0 Å². The van der Waals surface area contributed by atoms with Gasteiger partial charge in [0.25, 0.3) is 0 Å². The summed E-state index contributed by atoms with van der Waals surface area (Å²) in [6, 6.07) is 6.68. The molecule has 1 heterocycles. The van der Waals surface area contributed by atoms with Gasteiger partial charge in [-0.2, -0.15) is 0 Å². The van der Waals surface area contributed by atoms with Gasteiger partial charge in [-0.1, -0.05) is 41.1 Å². The Bertz CT molecular complexity index is 548. The highest BCUT2D eigenvalue weighted by molar-refractivity contribution is 9.10. The number of nitrogens with one attached hydrogen (secondary N) is 1. The van der Waals surface area contributed by atoms with Crippen LogP contribution >= 0.6 is 15.9 Å². The smallest absolute Gasteiger partial charge is 0.110 e. The van der Waals surface area contributed by atoms with E-state index in [1.165, 1.54) is 15.6 Å². The average Bonchev–Trinajstić information content (AvgIpc) is 2.78. The van der Waals surface area contributed by atoms with Crippen LogP contribution in [0.1, 0.15) is 29.9 Å². The Balaban J connectivity index is 2.29. The molecule has 3 nitrogen and oxygen atoms in total. The number of aryl methyl sites for hydroxylation is 2. The molecule has 4 heteroatoms. The van der Waals surface area contributed by atoms with E-state index in [9.17, 15) is 0 Å². The van der Waals surface area contributed by atoms with E-state index in [-0.39, 0.29) is 6.04 Å². The van der Waals surface area contributed by atoms with Crippen molar-refractivity contribution in [3.63, 3.8) is 0 Å². The van der Waals surface area contributed by atoms with Gasteiger partial charge in [0.2, 0.25) is 0 Å². The Labute approximate surface area is 123 Å². The molecule has 102 valence electrons. The maximum atomic E-state index is 4.42. The second kappa shape index (κ2) is 6.35. The van der Waals surface area contributed by atoms with Crippen molar-refractivity contribution in [2.45, 2.75) is 26.3 Å². The number of likely N-dealkylation sites (N-methyl/N-ethyl adjacent to an activating group) is 1. The first-order chi connectivity index (χ1) is 9.13. The van der Waals surface area contributed by atoms with Crippen LogP contribution in [-0.4, -0.2) is 16.1 Å². The van der Waals surface area contributed by atoms with E-state index in [0.717, 1.165) is 18.8 Å². The zero-order chi connectivity index (χ0) is 13.8. The van der Waals surface area contributed by atoms with Crippen LogP contribution < -0.4 is 5.32 Å². The van der Waals surface area contributed by atoms with Crippen LogP contribution in [0.2, 0.25) is 0 Å². The number of imidazole rings is 1. The molecule has 1 aromatic carbocycles. The van der Waals surface area contributed by atoms with Crippen molar-refractivity contribution < 1.29 is 0 Å². The zero-order valence-electron chi connectivity index (χ0n) is 11.7. The van der Waals surface area contributed by atoms with E-state index in [1.54, 1.807) is 0 Å². The molecule has 0 bridgehead atoms. The maximum Gasteiger partial charge on any atom is 0.110 e. The normalized spacial score (nSPS) is 12.6. The third-order valence-electron chi connectivity index (χ3n) is 3.36. The monoisotopic (exact) mass is 321 g/mol. The fourth-order valence-electron chi connectivity index (χ4n) is 2.25. The van der Waals surface area contributed by atoms with Crippen LogP contribution in [0, 0.1) is 6.92 Å². The van der Waals surface area contributed by atoms with Gasteiger partial charge in [-0.05, 0) is 24.6 Å². The first kappa shape index (κ1) is 14.3. The largest absolute Gasteiger partial charge is 0.338 e. The summed E-state index contributed by atoms with van der Waals surface area (Å²) in [7, 11) is 2.04. The fourth-order valence-corrected chi connectivity index (χ4v) is 2.79. The summed E-state index contributed by atoms with van der Waals surface area (Å²) in [4.78, 5) is 4.42. The minimum absolute atomic E-state index is 0.278. The summed E-state index contributed by atoms with van der Waals surface area (Å²) in [5.74, 6) is 1.10. The third-order valence-corrected chi connectivity index (χ3v) is 4.44. The van der Waals surface area contributed by atoms with Crippen molar-refractivity contribution in [1.82, 2.24) is 14.9 Å². The second-order valence-corrected chi connectivity index (χ2v) is 5.54. The number of aromatic nitrogens is 2. The molecular weight excluding hydrogens is 302 g/mol. The molecule has 0 spiro atoms. The maximum absolute atomic E-state index is 4.42. The van der Waals surface area contributed by atoms with Crippen molar-refractivity contribution in [2.75, 3.05) is 6.54 Å². The van der Waals surface area contributed by atoms with Gasteiger partial charge in [0, 0.05) is 36.4 Å². The van der Waals surface area contributed by atoms with Gasteiger partial charge < -0.3 is 9.88 Å². The van der Waals surface area contributed by atoms with Crippen molar-refractivity contribution >= 4 is 15.9 Å². The minimum atomic E-state index is 0.278. The fraction of sp³-hybridized carbons (Fsp3) is 0.400. The van der Waals surface area contributed by atoms with Crippen molar-refractivity contribution in [3.8, 4) is 0 Å². The lowest BCUT2D eigenvalue weighted by Gasteiger charge is -2.20. The summed E-state index contributed by atoms with van der Waals surface area (Å²) < 4.78 is 3.27. The van der Waals surface area contributed by atoms with Crippen molar-refractivity contribution in [2.24, 2.45) is 7.05 Å². The minimum Gasteiger partial charge on any atom is -0.338 e. The molecule has 1 N–H and O–H groups in total. The predicted molar refractivity (Wildman–Crippen MR) is 82.2 cm³/mol. The standard InChI is InChI=1S/C15H20BrN3/c1-4-17-13(10-14-18-8-9-19(14)3)12-7-5-6-11(2)15(12)16/h5-9,13,17H,4,10H2,1-3H3. The number of halogens is 1. The molecule has 0 aliphatic heterocycles. The summed E-state index contributed by atoms with van der Waals surface area (Å²) >= 11 is 3.71. The van der Waals surface area contributed by atoms with E-state index in [1.807, 2.05) is 19.4 Å². The zero-order valence-corrected chi connectivity index (χ0v) is 13.2. The average molecular weight is 322 g/mol. The van der Waals surface area contributed by atoms with Gasteiger partial charge in [0.15, 0.2) is 0 Å². The molecule has 0 fully saturated rings. The lowest BCUT2D eigenvalue weighted by molar-refractivity contribution is 0.527. The van der Waals surface area contributed by atoms with Gasteiger partial charge in [-0.3, -0.25) is 0 Å². The highest BCUT2D eigenvalue weighted by Gasteiger charge is 2.16. The molecule has 0 saturated carbocycles. The van der Waals surface area contributed by atoms with Gasteiger partial charge in [0.1, 0.15) is 5.82 Å². The molecule has 0 amide bonds. The Kier molecular flexibility index (Phi) is 4.77. The second-order valence-electron chi connectivity index (χ2n) is 4.75. The summed E-state index contributed by atoms with van der Waals surface area (Å²) in [5.41, 5.74) is 2.56. The van der Waals surface area contributed by atoms with Gasteiger partial charge in [-0.25, -0.2) is 4.98 Å². The molecule has 0 radical (unpaired) electrons. The SMILES string of the molecule is CCNC(Cc1nccn1C)c1cccc(C)c1Br. The molecular formula is C15H20BrN3. The summed E-state index contributed by atoms with van der Waals surface area (Å²) in [6.07, 6.45) is 4.73. The van der Waals surface area contributed by atoms with Crippen molar-refractivity contribution in [3.05, 3.63) is 52.0 Å². The molecule has 1 aromatic heterocycles. The van der Waals surface area contributed by atoms with Crippen molar-refractivity contribution in [1.29, 1.82) is 0 Å². The lowest BCUT2D eigenvalue weighted by Crippen LogP contribution is -2.24. The first-order valence-corrected chi connectivity index (χ1v) is 7.37. The molecule has 0 aliphatic rings. The highest BCUT2D eigenvalue weighted by Crippen LogP contribution is 2.28. The Morgan fingerprint density at radius 3 is 2.84 bits per heavy atom. The topological polar surface area (TPSA) is 29.9 Å². The van der Waals surface area contributed by atoms with E-state index < -0.39 is 0 Å². The number of benzene rings is 1.